The number of Topliss-reactive ketones (excluding diaryl/α,β-unsaturated/α-hetero) is 1. The summed E-state index contributed by atoms with van der Waals surface area (Å²) in [4.78, 5) is 32.3. The van der Waals surface area contributed by atoms with Crippen LogP contribution in [0.4, 0.5) is 20.5 Å². The molecule has 1 fully saturated rings. The first-order valence-corrected chi connectivity index (χ1v) is 13.0. The summed E-state index contributed by atoms with van der Waals surface area (Å²) < 4.78 is 31.7. The Kier molecular flexibility index (Phi) is 7.16. The Morgan fingerprint density at radius 2 is 1.84 bits per heavy atom. The molecule has 4 heterocycles. The van der Waals surface area contributed by atoms with Gasteiger partial charge < -0.3 is 14.8 Å². The van der Waals surface area contributed by atoms with Gasteiger partial charge in [0, 0.05) is 29.3 Å². The lowest BCUT2D eigenvalue weighted by Gasteiger charge is -2.30. The van der Waals surface area contributed by atoms with Gasteiger partial charge in [0.25, 0.3) is 0 Å². The van der Waals surface area contributed by atoms with Crippen LogP contribution in [-0.2, 0) is 0 Å². The number of halogens is 2. The van der Waals surface area contributed by atoms with E-state index in [9.17, 15) is 13.6 Å². The molecule has 1 saturated heterocycles. The van der Waals surface area contributed by atoms with E-state index in [-0.39, 0.29) is 40.5 Å². The normalized spacial score (nSPS) is 14.9. The number of likely N-dealkylation sites (tertiary alicyclic amines) is 1. The van der Waals surface area contributed by atoms with Gasteiger partial charge in [-0.3, -0.25) is 4.79 Å². The van der Waals surface area contributed by atoms with Crippen molar-refractivity contribution in [1.82, 2.24) is 29.4 Å². The molecule has 0 atom stereocenters. The Morgan fingerprint density at radius 1 is 1.08 bits per heavy atom. The predicted molar refractivity (Wildman–Crippen MR) is 142 cm³/mol. The van der Waals surface area contributed by atoms with Crippen molar-refractivity contribution in [3.05, 3.63) is 59.7 Å². The molecular weight excluding hydrogens is 488 g/mol. The minimum Gasteiger partial charge on any atom is -0.326 e. The van der Waals surface area contributed by atoms with Crippen molar-refractivity contribution < 1.29 is 13.6 Å². The highest BCUT2D eigenvalue weighted by Gasteiger charge is 2.25. The summed E-state index contributed by atoms with van der Waals surface area (Å²) in [5.41, 5.74) is 1.61. The molecule has 1 N–H and O–H groups in total. The number of carbonyl (C=O) groups excluding carboxylic acids is 1. The number of aryl methyl sites for hydroxylation is 1. The summed E-state index contributed by atoms with van der Waals surface area (Å²) in [5, 5.41) is 2.96. The van der Waals surface area contributed by atoms with Crippen LogP contribution in [0.2, 0.25) is 0 Å². The molecule has 3 aromatic heterocycles. The highest BCUT2D eigenvalue weighted by molar-refractivity contribution is 5.97. The molecule has 38 heavy (non-hydrogen) atoms. The monoisotopic (exact) mass is 519 g/mol. The van der Waals surface area contributed by atoms with Crippen molar-refractivity contribution in [2.45, 2.75) is 46.6 Å². The second-order valence-electron chi connectivity index (χ2n) is 9.97. The quantitative estimate of drug-likeness (QED) is 0.313. The second kappa shape index (κ2) is 10.5. The molecule has 8 nitrogen and oxygen atoms in total. The number of imidazole rings is 1. The summed E-state index contributed by atoms with van der Waals surface area (Å²) >= 11 is 0. The van der Waals surface area contributed by atoms with E-state index < -0.39 is 11.6 Å². The number of anilines is 2. The van der Waals surface area contributed by atoms with Gasteiger partial charge in [0.2, 0.25) is 5.95 Å². The second-order valence-corrected chi connectivity index (χ2v) is 9.97. The van der Waals surface area contributed by atoms with E-state index in [0.29, 0.717) is 22.7 Å². The van der Waals surface area contributed by atoms with Crippen LogP contribution in [0.3, 0.4) is 0 Å². The van der Waals surface area contributed by atoms with E-state index in [1.807, 2.05) is 25.3 Å². The summed E-state index contributed by atoms with van der Waals surface area (Å²) in [6, 6.07) is 6.38. The van der Waals surface area contributed by atoms with Crippen molar-refractivity contribution in [2.24, 2.45) is 5.92 Å². The summed E-state index contributed by atoms with van der Waals surface area (Å²) in [6.45, 7) is 10.8. The van der Waals surface area contributed by atoms with Crippen LogP contribution in [0.25, 0.3) is 22.3 Å². The minimum atomic E-state index is -0.676. The molecule has 0 amide bonds. The highest BCUT2D eigenvalue weighted by Crippen LogP contribution is 2.30. The third-order valence-corrected chi connectivity index (χ3v) is 7.15. The zero-order valence-electron chi connectivity index (χ0n) is 22.0. The molecule has 0 bridgehead atoms. The lowest BCUT2D eigenvalue weighted by atomic mass is 9.89. The molecule has 1 aliphatic heterocycles. The van der Waals surface area contributed by atoms with E-state index in [2.05, 4.69) is 37.1 Å². The maximum Gasteiger partial charge on any atom is 0.229 e. The van der Waals surface area contributed by atoms with Gasteiger partial charge in [-0.1, -0.05) is 6.92 Å². The van der Waals surface area contributed by atoms with Crippen LogP contribution in [0.5, 0.6) is 0 Å². The molecule has 0 radical (unpaired) electrons. The molecule has 0 saturated carbocycles. The molecule has 0 unspecified atom stereocenters. The van der Waals surface area contributed by atoms with E-state index in [4.69, 9.17) is 0 Å². The number of fused-ring (bicyclic) bond motifs is 1. The summed E-state index contributed by atoms with van der Waals surface area (Å²) in [6.07, 6.45) is 4.28. The Balaban J connectivity index is 1.37. The maximum absolute atomic E-state index is 14.9. The number of ketones is 1. The van der Waals surface area contributed by atoms with Crippen LogP contribution in [0.1, 0.15) is 55.8 Å². The number of nitrogens with one attached hydrogen (secondary N) is 1. The number of pyridine rings is 1. The predicted octanol–water partition coefficient (Wildman–Crippen LogP) is 5.71. The Labute approximate surface area is 220 Å². The first-order valence-electron chi connectivity index (χ1n) is 13.0. The Hall–Kier alpha value is -3.79. The van der Waals surface area contributed by atoms with Gasteiger partial charge in [-0.25, -0.2) is 28.7 Å². The van der Waals surface area contributed by atoms with Gasteiger partial charge in [0.15, 0.2) is 17.4 Å². The number of rotatable bonds is 7. The zero-order valence-corrected chi connectivity index (χ0v) is 22.0. The summed E-state index contributed by atoms with van der Waals surface area (Å²) in [5.74, 6) is 0.0859. The molecule has 10 heteroatoms. The molecule has 5 rings (SSSR count). The smallest absolute Gasteiger partial charge is 0.229 e. The van der Waals surface area contributed by atoms with Crippen molar-refractivity contribution in [1.29, 1.82) is 0 Å². The van der Waals surface area contributed by atoms with Crippen LogP contribution in [0.15, 0.2) is 36.7 Å². The lowest BCUT2D eigenvalue weighted by Crippen LogP contribution is -2.36. The first kappa shape index (κ1) is 25.8. The largest absolute Gasteiger partial charge is 0.326 e. The van der Waals surface area contributed by atoms with E-state index >= 15 is 0 Å². The van der Waals surface area contributed by atoms with Crippen LogP contribution < -0.4 is 5.32 Å². The molecule has 1 aliphatic rings. The number of hydrogen-bond donors (Lipinski definition) is 1. The Bertz CT molecular complexity index is 1480. The third-order valence-electron chi connectivity index (χ3n) is 7.15. The average Bonchev–Trinajstić information content (AvgIpc) is 3.26. The maximum atomic E-state index is 14.9. The summed E-state index contributed by atoms with van der Waals surface area (Å²) in [7, 11) is 0. The molecular formula is C28H31F2N7O. The van der Waals surface area contributed by atoms with Crippen LogP contribution in [0, 0.1) is 24.5 Å². The first-order chi connectivity index (χ1) is 18.2. The van der Waals surface area contributed by atoms with Gasteiger partial charge in [0.1, 0.15) is 22.9 Å². The Morgan fingerprint density at radius 3 is 2.50 bits per heavy atom. The zero-order chi connectivity index (χ0) is 27.0. The van der Waals surface area contributed by atoms with Crippen molar-refractivity contribution in [3.63, 3.8) is 0 Å². The number of aromatic nitrogens is 5. The van der Waals surface area contributed by atoms with Crippen LogP contribution >= 0.6 is 0 Å². The molecule has 0 spiro atoms. The molecule has 1 aromatic carbocycles. The van der Waals surface area contributed by atoms with E-state index in [1.165, 1.54) is 6.07 Å². The van der Waals surface area contributed by atoms with Gasteiger partial charge in [-0.15, -0.1) is 0 Å². The van der Waals surface area contributed by atoms with Crippen LogP contribution in [-0.4, -0.2) is 54.8 Å². The number of carbonyl (C=O) groups is 1. The average molecular weight is 520 g/mol. The molecule has 4 aromatic rings. The lowest BCUT2D eigenvalue weighted by molar-refractivity contribution is 0.0844. The standard InChI is InChI=1S/C28H31F2N7O/c1-5-36-10-8-18(9-11-36)27(38)19-6-7-24(31-14-19)34-28-32-15-22(30)25(35-28)20-12-21(29)26-23(13-20)37(16(2)3)17(4)33-26/h6-7,12-16,18H,5,8-11H2,1-4H3,(H,31,32,34,35). The van der Waals surface area contributed by atoms with E-state index in [0.717, 1.165) is 38.7 Å². The van der Waals surface area contributed by atoms with Gasteiger partial charge in [-0.05, 0) is 77.5 Å². The van der Waals surface area contributed by atoms with E-state index in [1.54, 1.807) is 24.4 Å². The van der Waals surface area contributed by atoms with Gasteiger partial charge >= 0.3 is 0 Å². The highest BCUT2D eigenvalue weighted by atomic mass is 19.1. The number of piperidine rings is 1. The minimum absolute atomic E-state index is 0.00919. The van der Waals surface area contributed by atoms with Crippen molar-refractivity contribution >= 4 is 28.6 Å². The fraction of sp³-hybridized carbons (Fsp3) is 0.393. The van der Waals surface area contributed by atoms with Gasteiger partial charge in [-0.2, -0.15) is 0 Å². The van der Waals surface area contributed by atoms with Gasteiger partial charge in [0.05, 0.1) is 11.7 Å². The van der Waals surface area contributed by atoms with Crippen molar-refractivity contribution in [2.75, 3.05) is 25.0 Å². The molecule has 0 aliphatic carbocycles. The SMILES string of the molecule is CCN1CCC(C(=O)c2ccc(Nc3ncc(F)c(-c4cc(F)c5nc(C)n(C(C)C)c5c4)n3)nc2)CC1. The number of hydrogen-bond acceptors (Lipinski definition) is 7. The molecule has 198 valence electrons. The number of nitrogens with zero attached hydrogens (tertiary/aromatic N) is 6. The fourth-order valence-electron chi connectivity index (χ4n) is 5.16. The topological polar surface area (TPSA) is 88.8 Å². The fourth-order valence-corrected chi connectivity index (χ4v) is 5.16. The number of benzene rings is 1. The third kappa shape index (κ3) is 5.00. The van der Waals surface area contributed by atoms with Crippen molar-refractivity contribution in [3.8, 4) is 11.3 Å².